The van der Waals surface area contributed by atoms with Crippen molar-refractivity contribution in [3.8, 4) is 0 Å². The van der Waals surface area contributed by atoms with Gasteiger partial charge in [0.1, 0.15) is 17.9 Å². The first kappa shape index (κ1) is 20.4. The van der Waals surface area contributed by atoms with Crippen LogP contribution in [0.25, 0.3) is 11.3 Å². The fourth-order valence-corrected chi connectivity index (χ4v) is 3.19. The Morgan fingerprint density at radius 2 is 1.82 bits per heavy atom. The quantitative estimate of drug-likeness (QED) is 0.265. The van der Waals surface area contributed by atoms with Crippen molar-refractivity contribution >= 4 is 56.4 Å². The van der Waals surface area contributed by atoms with E-state index in [1.165, 1.54) is 18.3 Å². The van der Waals surface area contributed by atoms with Gasteiger partial charge in [-0.15, -0.1) is 0 Å². The zero-order chi connectivity index (χ0) is 20.1. The Hall–Kier alpha value is -2.34. The first-order valence-electron chi connectivity index (χ1n) is 8.17. The van der Waals surface area contributed by atoms with Gasteiger partial charge in [-0.3, -0.25) is 4.98 Å². The van der Waals surface area contributed by atoms with Crippen LogP contribution < -0.4 is 0 Å². The van der Waals surface area contributed by atoms with Gasteiger partial charge in [0.2, 0.25) is 0 Å². The predicted octanol–water partition coefficient (Wildman–Crippen LogP) is 6.32. The highest BCUT2D eigenvalue weighted by Gasteiger charge is 2.23. The van der Waals surface area contributed by atoms with Crippen LogP contribution in [0, 0.1) is 0 Å². The van der Waals surface area contributed by atoms with E-state index in [1.54, 1.807) is 18.2 Å². The number of hydrogen-bond donors (Lipinski definition) is 1. The number of rotatable bonds is 5. The van der Waals surface area contributed by atoms with E-state index in [1.807, 2.05) is 30.3 Å². The van der Waals surface area contributed by atoms with E-state index in [0.717, 1.165) is 10.0 Å². The molecule has 0 bridgehead atoms. The molecule has 142 valence electrons. The topological polar surface area (TPSA) is 59.4 Å². The summed E-state index contributed by atoms with van der Waals surface area (Å²) < 4.78 is 6.14. The second-order valence-electron chi connectivity index (χ2n) is 5.77. The van der Waals surface area contributed by atoms with Gasteiger partial charge in [-0.2, -0.15) is 0 Å². The zero-order valence-corrected chi connectivity index (χ0v) is 17.5. The molecule has 2 aromatic carbocycles. The Balaban J connectivity index is 2.01. The van der Waals surface area contributed by atoms with E-state index in [0.29, 0.717) is 5.02 Å². The molecule has 0 aliphatic heterocycles. The summed E-state index contributed by atoms with van der Waals surface area (Å²) in [7, 11) is 0. The second kappa shape index (κ2) is 9.24. The molecule has 0 fully saturated rings. The Morgan fingerprint density at radius 3 is 2.46 bits per heavy atom. The Morgan fingerprint density at radius 1 is 1.07 bits per heavy atom. The summed E-state index contributed by atoms with van der Waals surface area (Å²) in [6, 6.07) is 17.1. The van der Waals surface area contributed by atoms with E-state index in [2.05, 4.69) is 20.9 Å². The summed E-state index contributed by atoms with van der Waals surface area (Å²) in [6.45, 7) is 0.0569. The first-order valence-corrected chi connectivity index (χ1v) is 9.72. The molecule has 0 spiro atoms. The van der Waals surface area contributed by atoms with Crippen molar-refractivity contribution in [3.05, 3.63) is 98.2 Å². The Kier molecular flexibility index (Phi) is 6.73. The van der Waals surface area contributed by atoms with Gasteiger partial charge in [-0.05, 0) is 51.8 Å². The Labute approximate surface area is 180 Å². The van der Waals surface area contributed by atoms with Crippen molar-refractivity contribution in [1.82, 2.24) is 4.98 Å². The normalized spacial score (nSPS) is 11.7. The maximum Gasteiger partial charge on any atom is 0.344 e. The molecular weight excluding hydrogens is 465 g/mol. The van der Waals surface area contributed by atoms with Crippen molar-refractivity contribution in [2.75, 3.05) is 0 Å². The lowest BCUT2D eigenvalue weighted by molar-refractivity contribution is -0.137. The molecule has 0 saturated heterocycles. The van der Waals surface area contributed by atoms with E-state index in [-0.39, 0.29) is 34.2 Å². The molecular formula is C21H14BrCl2NO3. The van der Waals surface area contributed by atoms with Gasteiger partial charge >= 0.3 is 5.97 Å². The lowest BCUT2D eigenvalue weighted by atomic mass is 10.0. The minimum Gasteiger partial charge on any atom is -0.506 e. The minimum absolute atomic E-state index is 0.0569. The van der Waals surface area contributed by atoms with Crippen LogP contribution in [0.2, 0.25) is 10.0 Å². The van der Waals surface area contributed by atoms with Gasteiger partial charge < -0.3 is 9.84 Å². The molecule has 7 heteroatoms. The number of aliphatic hydroxyl groups excluding tert-OH is 1. The summed E-state index contributed by atoms with van der Waals surface area (Å²) in [5, 5.41) is 11.5. The molecule has 4 nitrogen and oxygen atoms in total. The first-order chi connectivity index (χ1) is 13.5. The number of ether oxygens (including phenoxy) is 1. The summed E-state index contributed by atoms with van der Waals surface area (Å²) >= 11 is 15.4. The monoisotopic (exact) mass is 477 g/mol. The SMILES string of the molecule is O=C(OCc1ccccc1)/C(=C(/O)c1ccc(Cl)cc1Cl)c1ccc(Br)cn1. The summed E-state index contributed by atoms with van der Waals surface area (Å²) in [5.74, 6) is -1.06. The largest absolute Gasteiger partial charge is 0.506 e. The number of aromatic nitrogens is 1. The van der Waals surface area contributed by atoms with Crippen LogP contribution >= 0.6 is 39.1 Å². The molecule has 0 radical (unpaired) electrons. The number of nitrogens with zero attached hydrogens (tertiary/aromatic N) is 1. The number of esters is 1. The maximum absolute atomic E-state index is 12.8. The molecule has 0 unspecified atom stereocenters. The highest BCUT2D eigenvalue weighted by Crippen LogP contribution is 2.31. The average Bonchev–Trinajstić information content (AvgIpc) is 2.69. The number of halogens is 3. The van der Waals surface area contributed by atoms with Crippen molar-refractivity contribution in [3.63, 3.8) is 0 Å². The van der Waals surface area contributed by atoms with Crippen LogP contribution in [-0.4, -0.2) is 16.1 Å². The summed E-state index contributed by atoms with van der Waals surface area (Å²) in [5.41, 5.74) is 1.24. The average molecular weight is 479 g/mol. The molecule has 0 aliphatic carbocycles. The molecule has 28 heavy (non-hydrogen) atoms. The highest BCUT2D eigenvalue weighted by atomic mass is 79.9. The van der Waals surface area contributed by atoms with E-state index < -0.39 is 5.97 Å². The molecule has 0 saturated carbocycles. The van der Waals surface area contributed by atoms with Crippen LogP contribution in [-0.2, 0) is 16.1 Å². The maximum atomic E-state index is 12.8. The number of aliphatic hydroxyl groups is 1. The predicted molar refractivity (Wildman–Crippen MR) is 114 cm³/mol. The van der Waals surface area contributed by atoms with Gasteiger partial charge in [-0.1, -0.05) is 53.5 Å². The van der Waals surface area contributed by atoms with Crippen molar-refractivity contribution in [2.24, 2.45) is 0 Å². The van der Waals surface area contributed by atoms with Crippen LogP contribution in [0.5, 0.6) is 0 Å². The summed E-state index contributed by atoms with van der Waals surface area (Å²) in [6.07, 6.45) is 1.52. The second-order valence-corrected chi connectivity index (χ2v) is 7.53. The van der Waals surface area contributed by atoms with Crippen LogP contribution in [0.15, 0.2) is 71.3 Å². The number of benzene rings is 2. The third-order valence-corrected chi connectivity index (χ3v) is 4.84. The fraction of sp³-hybridized carbons (Fsp3) is 0.0476. The zero-order valence-electron chi connectivity index (χ0n) is 14.4. The highest BCUT2D eigenvalue weighted by molar-refractivity contribution is 9.10. The lowest BCUT2D eigenvalue weighted by Gasteiger charge is -2.12. The number of carbonyl (C=O) groups is 1. The van der Waals surface area contributed by atoms with Gasteiger partial charge in [0.25, 0.3) is 0 Å². The molecule has 1 heterocycles. The van der Waals surface area contributed by atoms with E-state index in [9.17, 15) is 9.90 Å². The summed E-state index contributed by atoms with van der Waals surface area (Å²) in [4.78, 5) is 17.0. The minimum atomic E-state index is -0.720. The van der Waals surface area contributed by atoms with Gasteiger partial charge in [-0.25, -0.2) is 4.79 Å². The molecule has 3 aromatic rings. The van der Waals surface area contributed by atoms with Crippen molar-refractivity contribution < 1.29 is 14.6 Å². The van der Waals surface area contributed by atoms with Crippen molar-refractivity contribution in [1.29, 1.82) is 0 Å². The standard InChI is InChI=1S/C21H14BrCl2NO3/c22-14-6-9-18(25-11-14)19(20(26)16-8-7-15(23)10-17(16)24)21(27)28-12-13-4-2-1-3-5-13/h1-11,26H,12H2/b20-19+. The smallest absolute Gasteiger partial charge is 0.344 e. The molecule has 1 N–H and O–H groups in total. The van der Waals surface area contributed by atoms with E-state index in [4.69, 9.17) is 27.9 Å². The van der Waals surface area contributed by atoms with Crippen LogP contribution in [0.3, 0.4) is 0 Å². The van der Waals surface area contributed by atoms with Crippen LogP contribution in [0.4, 0.5) is 0 Å². The van der Waals surface area contributed by atoms with Crippen molar-refractivity contribution in [2.45, 2.75) is 6.61 Å². The van der Waals surface area contributed by atoms with Gasteiger partial charge in [0, 0.05) is 21.3 Å². The fourth-order valence-electron chi connectivity index (χ4n) is 2.46. The molecule has 0 aliphatic rings. The number of pyridine rings is 1. The van der Waals surface area contributed by atoms with E-state index >= 15 is 0 Å². The van der Waals surface area contributed by atoms with Gasteiger partial charge in [0.05, 0.1) is 10.7 Å². The van der Waals surface area contributed by atoms with Gasteiger partial charge in [0.15, 0.2) is 0 Å². The Bertz CT molecular complexity index is 1020. The third kappa shape index (κ3) is 4.93. The number of hydrogen-bond acceptors (Lipinski definition) is 4. The molecule has 0 amide bonds. The lowest BCUT2D eigenvalue weighted by Crippen LogP contribution is -2.11. The molecule has 1 aromatic heterocycles. The molecule has 0 atom stereocenters. The third-order valence-electron chi connectivity index (χ3n) is 3.82. The molecule has 3 rings (SSSR count). The number of carbonyl (C=O) groups excluding carboxylic acids is 1. The van der Waals surface area contributed by atoms with Crippen LogP contribution in [0.1, 0.15) is 16.8 Å².